The molecule has 1 aromatic rings. The topological polar surface area (TPSA) is 103 Å². The van der Waals surface area contributed by atoms with Crippen LogP contribution >= 0.6 is 0 Å². The Morgan fingerprint density at radius 2 is 2.10 bits per heavy atom. The molecule has 2 rings (SSSR count). The van der Waals surface area contributed by atoms with Crippen LogP contribution in [0.3, 0.4) is 0 Å². The van der Waals surface area contributed by atoms with Gasteiger partial charge in [0, 0.05) is 18.8 Å². The summed E-state index contributed by atoms with van der Waals surface area (Å²) in [7, 11) is -3.85. The van der Waals surface area contributed by atoms with Gasteiger partial charge >= 0.3 is 5.97 Å². The molecule has 1 fully saturated rings. The average molecular weight is 301 g/mol. The summed E-state index contributed by atoms with van der Waals surface area (Å²) < 4.78 is 26.5. The van der Waals surface area contributed by atoms with Crippen molar-refractivity contribution in [3.8, 4) is 0 Å². The molecule has 1 aliphatic rings. The zero-order chi connectivity index (χ0) is 14.9. The first-order chi connectivity index (χ1) is 9.34. The third-order valence-corrected chi connectivity index (χ3v) is 5.52. The van der Waals surface area contributed by atoms with Crippen molar-refractivity contribution in [3.05, 3.63) is 11.3 Å². The van der Waals surface area contributed by atoms with Crippen LogP contribution in [0.1, 0.15) is 42.2 Å². The Bertz CT molecular complexity index is 608. The van der Waals surface area contributed by atoms with Gasteiger partial charge in [0.2, 0.25) is 5.03 Å². The van der Waals surface area contributed by atoms with Gasteiger partial charge in [-0.1, -0.05) is 6.92 Å². The Morgan fingerprint density at radius 3 is 2.75 bits per heavy atom. The SMILES string of the molecule is Cc1[nH]nc(S(=O)(=O)N2CCCC(C)CC2)c1C(=O)O. The summed E-state index contributed by atoms with van der Waals surface area (Å²) in [5.74, 6) is -0.798. The smallest absolute Gasteiger partial charge is 0.340 e. The fraction of sp³-hybridized carbons (Fsp3) is 0.667. The number of hydrogen-bond acceptors (Lipinski definition) is 4. The molecule has 0 bridgehead atoms. The summed E-state index contributed by atoms with van der Waals surface area (Å²) in [6, 6.07) is 0. The van der Waals surface area contributed by atoms with Crippen LogP contribution in [0.15, 0.2) is 5.03 Å². The van der Waals surface area contributed by atoms with Gasteiger partial charge in [-0.05, 0) is 32.1 Å². The van der Waals surface area contributed by atoms with E-state index in [4.69, 9.17) is 5.11 Å². The maximum Gasteiger partial charge on any atom is 0.340 e. The summed E-state index contributed by atoms with van der Waals surface area (Å²) in [5, 5.41) is 14.9. The minimum atomic E-state index is -3.85. The van der Waals surface area contributed by atoms with Gasteiger partial charge in [-0.3, -0.25) is 5.10 Å². The molecule has 0 saturated carbocycles. The first kappa shape index (κ1) is 15.0. The van der Waals surface area contributed by atoms with Gasteiger partial charge in [-0.15, -0.1) is 0 Å². The van der Waals surface area contributed by atoms with Crippen LogP contribution in [-0.2, 0) is 10.0 Å². The van der Waals surface area contributed by atoms with E-state index in [0.717, 1.165) is 19.3 Å². The van der Waals surface area contributed by atoms with Gasteiger partial charge in [0.25, 0.3) is 10.0 Å². The van der Waals surface area contributed by atoms with Crippen molar-refractivity contribution in [1.82, 2.24) is 14.5 Å². The van der Waals surface area contributed by atoms with E-state index in [1.54, 1.807) is 0 Å². The van der Waals surface area contributed by atoms with Gasteiger partial charge in [0.15, 0.2) is 0 Å². The van der Waals surface area contributed by atoms with Crippen molar-refractivity contribution in [2.24, 2.45) is 5.92 Å². The standard InChI is InChI=1S/C12H19N3O4S/c1-8-4-3-6-15(7-5-8)20(18,19)11-10(12(16)17)9(2)13-14-11/h8H,3-7H2,1-2H3,(H,13,14)(H,16,17). The molecule has 1 aliphatic heterocycles. The van der Waals surface area contributed by atoms with Crippen molar-refractivity contribution in [1.29, 1.82) is 0 Å². The van der Waals surface area contributed by atoms with Crippen molar-refractivity contribution in [2.75, 3.05) is 13.1 Å². The van der Waals surface area contributed by atoms with Crippen LogP contribution in [-0.4, -0.2) is 47.1 Å². The van der Waals surface area contributed by atoms with E-state index in [0.29, 0.717) is 19.0 Å². The molecule has 7 nitrogen and oxygen atoms in total. The van der Waals surface area contributed by atoms with Crippen LogP contribution in [0.2, 0.25) is 0 Å². The minimum Gasteiger partial charge on any atom is -0.478 e. The van der Waals surface area contributed by atoms with Gasteiger partial charge in [-0.2, -0.15) is 9.40 Å². The quantitative estimate of drug-likeness (QED) is 0.874. The largest absolute Gasteiger partial charge is 0.478 e. The van der Waals surface area contributed by atoms with E-state index in [1.807, 2.05) is 0 Å². The van der Waals surface area contributed by atoms with E-state index in [9.17, 15) is 13.2 Å². The highest BCUT2D eigenvalue weighted by Gasteiger charge is 2.33. The van der Waals surface area contributed by atoms with Crippen molar-refractivity contribution >= 4 is 16.0 Å². The number of nitrogens with one attached hydrogen (secondary N) is 1. The molecule has 0 radical (unpaired) electrons. The van der Waals surface area contributed by atoms with E-state index >= 15 is 0 Å². The number of aromatic nitrogens is 2. The van der Waals surface area contributed by atoms with Gasteiger partial charge in [0.1, 0.15) is 5.56 Å². The number of sulfonamides is 1. The lowest BCUT2D eigenvalue weighted by Gasteiger charge is -2.18. The van der Waals surface area contributed by atoms with Crippen LogP contribution in [0.25, 0.3) is 0 Å². The number of carbonyl (C=O) groups is 1. The van der Waals surface area contributed by atoms with Crippen LogP contribution in [0.5, 0.6) is 0 Å². The number of carboxylic acids is 1. The molecular formula is C12H19N3O4S. The lowest BCUT2D eigenvalue weighted by atomic mass is 10.0. The number of aromatic amines is 1. The van der Waals surface area contributed by atoms with E-state index in [2.05, 4.69) is 17.1 Å². The van der Waals surface area contributed by atoms with Gasteiger partial charge < -0.3 is 5.11 Å². The van der Waals surface area contributed by atoms with Crippen LogP contribution in [0.4, 0.5) is 0 Å². The molecule has 0 amide bonds. The number of carboxylic acid groups (broad SMARTS) is 1. The van der Waals surface area contributed by atoms with E-state index < -0.39 is 16.0 Å². The lowest BCUT2D eigenvalue weighted by Crippen LogP contribution is -2.33. The fourth-order valence-corrected chi connectivity index (χ4v) is 4.06. The normalized spacial score (nSPS) is 21.6. The molecule has 0 aromatic carbocycles. The summed E-state index contributed by atoms with van der Waals surface area (Å²) in [5.41, 5.74) is -0.0124. The van der Waals surface area contributed by atoms with Crippen LogP contribution in [0, 0.1) is 12.8 Å². The molecule has 0 aliphatic carbocycles. The Labute approximate surface area is 118 Å². The third-order valence-electron chi connectivity index (χ3n) is 3.69. The summed E-state index contributed by atoms with van der Waals surface area (Å²) >= 11 is 0. The lowest BCUT2D eigenvalue weighted by molar-refractivity contribution is 0.0691. The second-order valence-electron chi connectivity index (χ2n) is 5.27. The molecule has 1 atom stereocenters. The molecule has 8 heteroatoms. The third kappa shape index (κ3) is 2.71. The van der Waals surface area contributed by atoms with Crippen molar-refractivity contribution in [2.45, 2.75) is 38.1 Å². The predicted molar refractivity (Wildman–Crippen MR) is 72.1 cm³/mol. The maximum atomic E-state index is 12.6. The summed E-state index contributed by atoms with van der Waals surface area (Å²) in [6.07, 6.45) is 2.55. The predicted octanol–water partition coefficient (Wildman–Crippen LogP) is 1.23. The maximum absolute atomic E-state index is 12.6. The molecule has 0 spiro atoms. The number of rotatable bonds is 3. The van der Waals surface area contributed by atoms with E-state index in [1.165, 1.54) is 11.2 Å². The average Bonchev–Trinajstić information content (AvgIpc) is 2.62. The minimum absolute atomic E-state index is 0.249. The highest BCUT2D eigenvalue weighted by molar-refractivity contribution is 7.89. The number of H-pyrrole nitrogens is 1. The Morgan fingerprint density at radius 1 is 1.40 bits per heavy atom. The van der Waals surface area contributed by atoms with Crippen molar-refractivity contribution in [3.63, 3.8) is 0 Å². The number of hydrogen-bond donors (Lipinski definition) is 2. The first-order valence-electron chi connectivity index (χ1n) is 6.62. The van der Waals surface area contributed by atoms with E-state index in [-0.39, 0.29) is 16.3 Å². The zero-order valence-electron chi connectivity index (χ0n) is 11.6. The summed E-state index contributed by atoms with van der Waals surface area (Å²) in [6.45, 7) is 4.42. The molecule has 20 heavy (non-hydrogen) atoms. The molecular weight excluding hydrogens is 282 g/mol. The monoisotopic (exact) mass is 301 g/mol. The highest BCUT2D eigenvalue weighted by Crippen LogP contribution is 2.24. The van der Waals surface area contributed by atoms with Crippen LogP contribution < -0.4 is 0 Å². The molecule has 112 valence electrons. The Balaban J connectivity index is 2.38. The van der Waals surface area contributed by atoms with Gasteiger partial charge in [-0.25, -0.2) is 13.2 Å². The van der Waals surface area contributed by atoms with Crippen molar-refractivity contribution < 1.29 is 18.3 Å². The second-order valence-corrected chi connectivity index (χ2v) is 7.13. The first-order valence-corrected chi connectivity index (χ1v) is 8.06. The molecule has 1 unspecified atom stereocenters. The molecule has 2 heterocycles. The zero-order valence-corrected chi connectivity index (χ0v) is 12.4. The molecule has 2 N–H and O–H groups in total. The second kappa shape index (κ2) is 5.53. The summed E-state index contributed by atoms with van der Waals surface area (Å²) in [4.78, 5) is 11.2. The number of aromatic carboxylic acids is 1. The molecule has 1 saturated heterocycles. The van der Waals surface area contributed by atoms with Gasteiger partial charge in [0.05, 0.1) is 0 Å². The molecule has 1 aromatic heterocycles. The number of aryl methyl sites for hydroxylation is 1. The highest BCUT2D eigenvalue weighted by atomic mass is 32.2. The number of nitrogens with zero attached hydrogens (tertiary/aromatic N) is 2. The Hall–Kier alpha value is -1.41. The Kier molecular flexibility index (Phi) is 4.14. The fourth-order valence-electron chi connectivity index (χ4n) is 2.44.